The normalized spacial score (nSPS) is 13.7. The van der Waals surface area contributed by atoms with Gasteiger partial charge >= 0.3 is 0 Å². The minimum Gasteiger partial charge on any atom is -0.496 e. The van der Waals surface area contributed by atoms with E-state index in [0.717, 1.165) is 46.2 Å². The third-order valence-corrected chi connectivity index (χ3v) is 7.57. The van der Waals surface area contributed by atoms with Crippen molar-refractivity contribution in [2.24, 2.45) is 5.10 Å². The number of aryl methyl sites for hydroxylation is 2. The zero-order valence-electron chi connectivity index (χ0n) is 19.2. The molecule has 3 aromatic rings. The Morgan fingerprint density at radius 1 is 1.09 bits per heavy atom. The quantitative estimate of drug-likeness (QED) is 0.379. The molecule has 4 rings (SSSR count). The van der Waals surface area contributed by atoms with Crippen molar-refractivity contribution >= 4 is 21.9 Å². The van der Waals surface area contributed by atoms with Gasteiger partial charge in [-0.25, -0.2) is 0 Å². The number of methoxy groups -OCH3 is 1. The largest absolute Gasteiger partial charge is 0.496 e. The molecule has 6 nitrogen and oxygen atoms in total. The first-order valence-electron chi connectivity index (χ1n) is 11.0. The molecule has 0 fully saturated rings. The van der Waals surface area contributed by atoms with Crippen LogP contribution in [0.5, 0.6) is 5.75 Å². The second-order valence-electron chi connectivity index (χ2n) is 8.22. The van der Waals surface area contributed by atoms with Gasteiger partial charge in [0.15, 0.2) is 0 Å². The molecule has 0 saturated heterocycles. The van der Waals surface area contributed by atoms with Crippen LogP contribution >= 0.6 is 0 Å². The van der Waals surface area contributed by atoms with E-state index in [1.165, 1.54) is 18.3 Å². The van der Waals surface area contributed by atoms with Gasteiger partial charge in [0, 0.05) is 31.4 Å². The first-order chi connectivity index (χ1) is 15.9. The molecule has 1 aliphatic heterocycles. The molecular weight excluding hydrogens is 434 g/mol. The van der Waals surface area contributed by atoms with E-state index in [4.69, 9.17) is 4.74 Å². The van der Waals surface area contributed by atoms with Crippen molar-refractivity contribution < 1.29 is 13.2 Å². The van der Waals surface area contributed by atoms with Gasteiger partial charge in [0.25, 0.3) is 10.0 Å². The second kappa shape index (κ2) is 9.67. The van der Waals surface area contributed by atoms with E-state index in [9.17, 15) is 8.42 Å². The number of hydrazone groups is 1. The molecule has 1 heterocycles. The van der Waals surface area contributed by atoms with Crippen molar-refractivity contribution in [3.05, 3.63) is 89.0 Å². The lowest BCUT2D eigenvalue weighted by Crippen LogP contribution is -2.29. The second-order valence-corrected chi connectivity index (χ2v) is 10.2. The predicted octanol–water partition coefficient (Wildman–Crippen LogP) is 4.61. The van der Waals surface area contributed by atoms with Crippen LogP contribution in [0.2, 0.25) is 0 Å². The summed E-state index contributed by atoms with van der Waals surface area (Å²) in [6.45, 7) is 3.61. The maximum Gasteiger partial charge on any atom is 0.278 e. The predicted molar refractivity (Wildman–Crippen MR) is 133 cm³/mol. The fourth-order valence-electron chi connectivity index (χ4n) is 4.06. The van der Waals surface area contributed by atoms with Crippen LogP contribution in [0.1, 0.15) is 28.7 Å². The molecule has 0 spiro atoms. The lowest BCUT2D eigenvalue weighted by molar-refractivity contribution is 0.409. The van der Waals surface area contributed by atoms with Crippen molar-refractivity contribution in [2.75, 3.05) is 25.6 Å². The van der Waals surface area contributed by atoms with Crippen molar-refractivity contribution in [1.29, 1.82) is 0 Å². The topological polar surface area (TPSA) is 62.2 Å². The van der Waals surface area contributed by atoms with Gasteiger partial charge in [-0.3, -0.25) is 0 Å². The maximum atomic E-state index is 12.8. The Labute approximate surface area is 196 Å². The van der Waals surface area contributed by atoms with Crippen molar-refractivity contribution in [1.82, 2.24) is 4.41 Å². The monoisotopic (exact) mass is 463 g/mol. The minimum atomic E-state index is -3.70. The molecule has 0 amide bonds. The molecule has 33 heavy (non-hydrogen) atoms. The van der Waals surface area contributed by atoms with Gasteiger partial charge in [0.2, 0.25) is 0 Å². The molecule has 0 N–H and O–H groups in total. The fourth-order valence-corrected chi connectivity index (χ4v) is 5.01. The van der Waals surface area contributed by atoms with Gasteiger partial charge in [-0.2, -0.15) is 17.9 Å². The Hall–Kier alpha value is -3.32. The summed E-state index contributed by atoms with van der Waals surface area (Å²) in [6.07, 6.45) is 3.78. The standard InChI is InChI=1S/C26H29N3O3S/c1-20-10-13-24(14-11-20)33(30,31)28(2)27-18-21-12-15-26(32-3)23(17-21)19-29-16-6-8-22-7-4-5-9-25(22)29/h4-5,7,9-15,17-18H,6,8,16,19H2,1-3H3/b27-18-. The van der Waals surface area contributed by atoms with Crippen LogP contribution in [0.3, 0.4) is 0 Å². The first-order valence-corrected chi connectivity index (χ1v) is 12.4. The van der Waals surface area contributed by atoms with E-state index in [-0.39, 0.29) is 4.90 Å². The van der Waals surface area contributed by atoms with E-state index in [1.54, 1.807) is 37.6 Å². The van der Waals surface area contributed by atoms with E-state index in [2.05, 4.69) is 34.3 Å². The number of fused-ring (bicyclic) bond motifs is 1. The molecule has 0 unspecified atom stereocenters. The van der Waals surface area contributed by atoms with Crippen LogP contribution < -0.4 is 9.64 Å². The third-order valence-electron chi connectivity index (χ3n) is 5.91. The van der Waals surface area contributed by atoms with E-state index in [0.29, 0.717) is 6.54 Å². The Bertz CT molecular complexity index is 1250. The zero-order chi connectivity index (χ0) is 23.4. The summed E-state index contributed by atoms with van der Waals surface area (Å²) in [5.41, 5.74) is 5.46. The Morgan fingerprint density at radius 2 is 1.85 bits per heavy atom. The van der Waals surface area contributed by atoms with Crippen LogP contribution in [0.15, 0.2) is 76.7 Å². The smallest absolute Gasteiger partial charge is 0.278 e. The Morgan fingerprint density at radius 3 is 2.61 bits per heavy atom. The Kier molecular flexibility index (Phi) is 6.70. The fraction of sp³-hybridized carbons (Fsp3) is 0.269. The molecule has 1 aliphatic rings. The number of rotatable bonds is 7. The summed E-state index contributed by atoms with van der Waals surface area (Å²) >= 11 is 0. The van der Waals surface area contributed by atoms with Gasteiger partial charge < -0.3 is 9.64 Å². The van der Waals surface area contributed by atoms with Gasteiger partial charge in [-0.1, -0.05) is 35.9 Å². The Balaban J connectivity index is 1.56. The molecule has 0 aliphatic carbocycles. The summed E-state index contributed by atoms with van der Waals surface area (Å²) in [4.78, 5) is 2.58. The van der Waals surface area contributed by atoms with Crippen molar-refractivity contribution in [3.63, 3.8) is 0 Å². The van der Waals surface area contributed by atoms with Crippen LogP contribution in [-0.2, 0) is 23.0 Å². The average molecular weight is 464 g/mol. The molecular formula is C26H29N3O3S. The average Bonchev–Trinajstić information content (AvgIpc) is 2.83. The number of hydrogen-bond donors (Lipinski definition) is 0. The van der Waals surface area contributed by atoms with Crippen LogP contribution in [-0.4, -0.2) is 39.7 Å². The molecule has 0 atom stereocenters. The van der Waals surface area contributed by atoms with Gasteiger partial charge in [0.05, 0.1) is 18.2 Å². The van der Waals surface area contributed by atoms with Gasteiger partial charge in [-0.05, 0) is 67.3 Å². The number of anilines is 1. The minimum absolute atomic E-state index is 0.215. The number of para-hydroxylation sites is 1. The highest BCUT2D eigenvalue weighted by Gasteiger charge is 2.20. The molecule has 0 saturated carbocycles. The van der Waals surface area contributed by atoms with E-state index < -0.39 is 10.0 Å². The van der Waals surface area contributed by atoms with Crippen molar-refractivity contribution in [2.45, 2.75) is 31.2 Å². The highest BCUT2D eigenvalue weighted by molar-refractivity contribution is 7.89. The lowest BCUT2D eigenvalue weighted by Gasteiger charge is -2.31. The van der Waals surface area contributed by atoms with Gasteiger partial charge in [0.1, 0.15) is 5.75 Å². The highest BCUT2D eigenvalue weighted by atomic mass is 32.2. The van der Waals surface area contributed by atoms with Gasteiger partial charge in [-0.15, -0.1) is 0 Å². The number of hydrogen-bond acceptors (Lipinski definition) is 5. The highest BCUT2D eigenvalue weighted by Crippen LogP contribution is 2.30. The SMILES string of the molecule is COc1ccc(/C=N\N(C)S(=O)(=O)c2ccc(C)cc2)cc1CN1CCCc2ccccc21. The van der Waals surface area contributed by atoms with Crippen LogP contribution in [0, 0.1) is 6.92 Å². The summed E-state index contributed by atoms with van der Waals surface area (Å²) in [7, 11) is -0.592. The lowest BCUT2D eigenvalue weighted by atomic mass is 10.0. The summed E-state index contributed by atoms with van der Waals surface area (Å²) in [5.74, 6) is 0.802. The maximum absolute atomic E-state index is 12.8. The van der Waals surface area contributed by atoms with Crippen LogP contribution in [0.4, 0.5) is 5.69 Å². The summed E-state index contributed by atoms with van der Waals surface area (Å²) in [6, 6.07) is 21.0. The number of sulfonamides is 1. The number of benzene rings is 3. The zero-order valence-corrected chi connectivity index (χ0v) is 20.0. The third kappa shape index (κ3) is 5.03. The molecule has 0 aromatic heterocycles. The summed E-state index contributed by atoms with van der Waals surface area (Å²) in [5, 5.41) is 4.21. The van der Waals surface area contributed by atoms with Crippen molar-refractivity contribution in [3.8, 4) is 5.75 Å². The summed E-state index contributed by atoms with van der Waals surface area (Å²) < 4.78 is 32.2. The van der Waals surface area contributed by atoms with E-state index >= 15 is 0 Å². The first kappa shape index (κ1) is 22.9. The molecule has 0 bridgehead atoms. The molecule has 172 valence electrons. The van der Waals surface area contributed by atoms with Crippen LogP contribution in [0.25, 0.3) is 0 Å². The number of ether oxygens (including phenoxy) is 1. The molecule has 7 heteroatoms. The van der Waals surface area contributed by atoms with E-state index in [1.807, 2.05) is 25.1 Å². The molecule has 0 radical (unpaired) electrons. The number of nitrogens with zero attached hydrogens (tertiary/aromatic N) is 3. The molecule has 3 aromatic carbocycles.